The van der Waals surface area contributed by atoms with Crippen molar-refractivity contribution in [3.8, 4) is 16.9 Å². The molecule has 3 amide bonds. The van der Waals surface area contributed by atoms with Crippen LogP contribution >= 0.6 is 0 Å². The second kappa shape index (κ2) is 14.2. The Balaban J connectivity index is 1.61. The number of allylic oxidation sites excluding steroid dienone is 1. The third-order valence-corrected chi connectivity index (χ3v) is 6.99. The van der Waals surface area contributed by atoms with Crippen LogP contribution < -0.4 is 31.7 Å². The van der Waals surface area contributed by atoms with Gasteiger partial charge in [-0.25, -0.2) is 0 Å². The Labute approximate surface area is 256 Å². The first-order valence-electron chi connectivity index (χ1n) is 14.1. The highest BCUT2D eigenvalue weighted by Gasteiger charge is 2.29. The molecule has 12 nitrogen and oxygen atoms in total. The van der Waals surface area contributed by atoms with Crippen molar-refractivity contribution in [1.29, 1.82) is 0 Å². The molecule has 3 aromatic rings. The number of pyridine rings is 2. The normalized spacial score (nSPS) is 13.3. The van der Waals surface area contributed by atoms with Gasteiger partial charge in [-0.15, -0.1) is 0 Å². The van der Waals surface area contributed by atoms with Gasteiger partial charge in [0.25, 0.3) is 11.8 Å². The maximum Gasteiger partial charge on any atom is 0.272 e. The highest BCUT2D eigenvalue weighted by molar-refractivity contribution is 5.95. The summed E-state index contributed by atoms with van der Waals surface area (Å²) in [6.45, 7) is 2.33. The predicted octanol–water partition coefficient (Wildman–Crippen LogP) is 2.65. The van der Waals surface area contributed by atoms with E-state index in [9.17, 15) is 14.4 Å². The zero-order valence-corrected chi connectivity index (χ0v) is 25.5. The fraction of sp³-hybridized carbons (Fsp3) is 0.281. The third-order valence-electron chi connectivity index (χ3n) is 6.99. The van der Waals surface area contributed by atoms with Crippen LogP contribution in [0.5, 0.6) is 5.75 Å². The SMILES string of the molecule is CNC(=O)/C(NC)=C(/C=C(\N)NC(=O)C1CC1)Nc1cccc(-c2ccc(C(=O)N(C)Cc3cc(C)ccn3)nc2)c1OC. The second-order valence-electron chi connectivity index (χ2n) is 10.4. The number of nitrogens with two attached hydrogens (primary N) is 1. The van der Waals surface area contributed by atoms with Crippen molar-refractivity contribution in [2.24, 2.45) is 11.7 Å². The van der Waals surface area contributed by atoms with E-state index in [-0.39, 0.29) is 29.3 Å². The quantitative estimate of drug-likeness (QED) is 0.156. The number of anilines is 1. The number of likely N-dealkylation sites (N-methyl/N-ethyl adjacent to an activating group) is 2. The number of carbonyl (C=O) groups is 3. The molecular formula is C32H38N8O4. The first kappa shape index (κ1) is 31.5. The first-order chi connectivity index (χ1) is 21.1. The van der Waals surface area contributed by atoms with Crippen LogP contribution in [0.2, 0.25) is 0 Å². The number of ether oxygens (including phenoxy) is 1. The first-order valence-corrected chi connectivity index (χ1v) is 14.1. The van der Waals surface area contributed by atoms with E-state index in [1.807, 2.05) is 31.2 Å². The van der Waals surface area contributed by atoms with Gasteiger partial charge >= 0.3 is 0 Å². The number of aromatic nitrogens is 2. The molecule has 0 aliphatic heterocycles. The number of rotatable bonds is 12. The molecule has 1 aromatic carbocycles. The minimum absolute atomic E-state index is 0.0392. The molecule has 2 aromatic heterocycles. The minimum atomic E-state index is -0.393. The summed E-state index contributed by atoms with van der Waals surface area (Å²) < 4.78 is 5.80. The van der Waals surface area contributed by atoms with Crippen LogP contribution in [0.25, 0.3) is 11.1 Å². The van der Waals surface area contributed by atoms with E-state index in [4.69, 9.17) is 10.5 Å². The average molecular weight is 599 g/mol. The van der Waals surface area contributed by atoms with Gasteiger partial charge in [-0.3, -0.25) is 24.4 Å². The lowest BCUT2D eigenvalue weighted by molar-refractivity contribution is -0.121. The van der Waals surface area contributed by atoms with Crippen molar-refractivity contribution in [2.45, 2.75) is 26.3 Å². The maximum absolute atomic E-state index is 13.1. The number of benzene rings is 1. The minimum Gasteiger partial charge on any atom is -0.494 e. The Kier molecular flexibility index (Phi) is 10.2. The Bertz CT molecular complexity index is 1600. The topological polar surface area (TPSA) is 164 Å². The van der Waals surface area contributed by atoms with Crippen molar-refractivity contribution in [1.82, 2.24) is 30.8 Å². The Morgan fingerprint density at radius 2 is 1.86 bits per heavy atom. The highest BCUT2D eigenvalue weighted by atomic mass is 16.5. The van der Waals surface area contributed by atoms with E-state index >= 15 is 0 Å². The summed E-state index contributed by atoms with van der Waals surface area (Å²) >= 11 is 0. The van der Waals surface area contributed by atoms with Crippen LogP contribution in [0.15, 0.2) is 78.1 Å². The predicted molar refractivity (Wildman–Crippen MR) is 168 cm³/mol. The highest BCUT2D eigenvalue weighted by Crippen LogP contribution is 2.37. The molecule has 1 aliphatic rings. The standard InChI is InChI=1S/C32H38N8O4/c1-19-13-14-36-22(15-19)18-40(4)32(43)25-12-11-21(17-37-25)23-7-6-8-24(29(23)44-5)38-26(28(34-2)31(42)35-3)16-27(33)39-30(41)20-9-10-20/h6-8,11-17,20,34,38H,9-10,18,33H2,1-5H3,(H,35,42)(H,39,41)/b27-16+,28-26+. The van der Waals surface area contributed by atoms with Gasteiger partial charge in [0, 0.05) is 56.7 Å². The molecule has 230 valence electrons. The molecule has 12 heteroatoms. The second-order valence-corrected chi connectivity index (χ2v) is 10.4. The molecule has 1 saturated carbocycles. The van der Waals surface area contributed by atoms with Crippen molar-refractivity contribution >= 4 is 23.4 Å². The van der Waals surface area contributed by atoms with Gasteiger partial charge in [0.05, 0.1) is 30.7 Å². The van der Waals surface area contributed by atoms with Crippen molar-refractivity contribution in [2.75, 3.05) is 33.6 Å². The zero-order chi connectivity index (χ0) is 31.8. The van der Waals surface area contributed by atoms with Gasteiger partial charge in [0.1, 0.15) is 23.0 Å². The van der Waals surface area contributed by atoms with Crippen molar-refractivity contribution < 1.29 is 19.1 Å². The van der Waals surface area contributed by atoms with E-state index < -0.39 is 5.91 Å². The Hall–Kier alpha value is -5.39. The molecule has 0 bridgehead atoms. The summed E-state index contributed by atoms with van der Waals surface area (Å²) in [5.74, 6) is -0.267. The van der Waals surface area contributed by atoms with Gasteiger partial charge in [0.2, 0.25) is 5.91 Å². The molecule has 0 unspecified atom stereocenters. The number of para-hydroxylation sites is 1. The van der Waals surface area contributed by atoms with E-state index in [1.165, 1.54) is 20.2 Å². The summed E-state index contributed by atoms with van der Waals surface area (Å²) in [4.78, 5) is 48.4. The van der Waals surface area contributed by atoms with Crippen LogP contribution in [0, 0.1) is 12.8 Å². The average Bonchev–Trinajstić information content (AvgIpc) is 3.87. The lowest BCUT2D eigenvalue weighted by Crippen LogP contribution is -2.32. The van der Waals surface area contributed by atoms with Gasteiger partial charge in [-0.05, 0) is 49.6 Å². The number of amides is 3. The lowest BCUT2D eigenvalue weighted by atomic mass is 10.0. The molecule has 0 atom stereocenters. The summed E-state index contributed by atoms with van der Waals surface area (Å²) in [7, 11) is 6.36. The van der Waals surface area contributed by atoms with E-state index in [1.54, 1.807) is 49.6 Å². The molecule has 2 heterocycles. The number of nitrogens with zero attached hydrogens (tertiary/aromatic N) is 3. The largest absolute Gasteiger partial charge is 0.494 e. The number of methoxy groups -OCH3 is 1. The van der Waals surface area contributed by atoms with Crippen LogP contribution in [0.4, 0.5) is 5.69 Å². The van der Waals surface area contributed by atoms with Crippen LogP contribution in [-0.2, 0) is 16.1 Å². The van der Waals surface area contributed by atoms with Crippen LogP contribution in [0.3, 0.4) is 0 Å². The van der Waals surface area contributed by atoms with E-state index in [2.05, 4.69) is 31.2 Å². The molecular weight excluding hydrogens is 560 g/mol. The van der Waals surface area contributed by atoms with E-state index in [0.717, 1.165) is 24.1 Å². The number of aryl methyl sites for hydroxylation is 1. The molecule has 4 rings (SSSR count). The number of nitrogens with one attached hydrogen (secondary N) is 4. The van der Waals surface area contributed by atoms with Gasteiger partial charge < -0.3 is 36.6 Å². The smallest absolute Gasteiger partial charge is 0.272 e. The fourth-order valence-corrected chi connectivity index (χ4v) is 4.55. The zero-order valence-electron chi connectivity index (χ0n) is 25.5. The lowest BCUT2D eigenvalue weighted by Gasteiger charge is -2.19. The number of hydrogen-bond acceptors (Lipinski definition) is 9. The molecule has 6 N–H and O–H groups in total. The van der Waals surface area contributed by atoms with Gasteiger partial charge in [0.15, 0.2) is 0 Å². The number of hydrogen-bond donors (Lipinski definition) is 5. The summed E-state index contributed by atoms with van der Waals surface area (Å²) in [5, 5.41) is 11.4. The molecule has 0 spiro atoms. The molecule has 0 saturated heterocycles. The van der Waals surface area contributed by atoms with E-state index in [0.29, 0.717) is 40.5 Å². The third kappa shape index (κ3) is 7.71. The summed E-state index contributed by atoms with van der Waals surface area (Å²) in [6.07, 6.45) is 6.48. The van der Waals surface area contributed by atoms with Gasteiger partial charge in [-0.2, -0.15) is 0 Å². The fourth-order valence-electron chi connectivity index (χ4n) is 4.55. The Morgan fingerprint density at radius 3 is 2.48 bits per heavy atom. The van der Waals surface area contributed by atoms with Gasteiger partial charge in [-0.1, -0.05) is 18.2 Å². The molecule has 44 heavy (non-hydrogen) atoms. The molecule has 0 radical (unpaired) electrons. The van der Waals surface area contributed by atoms with Crippen molar-refractivity contribution in [3.05, 3.63) is 95.1 Å². The molecule has 1 aliphatic carbocycles. The number of carbonyl (C=O) groups excluding carboxylic acids is 3. The monoisotopic (exact) mass is 598 g/mol. The summed E-state index contributed by atoms with van der Waals surface area (Å²) in [6, 6.07) is 12.8. The maximum atomic E-state index is 13.1. The Morgan fingerprint density at radius 1 is 1.09 bits per heavy atom. The molecule has 1 fully saturated rings. The summed E-state index contributed by atoms with van der Waals surface area (Å²) in [5.41, 5.74) is 10.7. The van der Waals surface area contributed by atoms with Crippen molar-refractivity contribution in [3.63, 3.8) is 0 Å². The van der Waals surface area contributed by atoms with Crippen LogP contribution in [-0.4, -0.2) is 60.8 Å². The van der Waals surface area contributed by atoms with Crippen LogP contribution in [0.1, 0.15) is 34.6 Å².